The van der Waals surface area contributed by atoms with Crippen molar-refractivity contribution in [2.24, 2.45) is 0 Å². The molecular formula is C15H22N2O. The van der Waals surface area contributed by atoms with E-state index >= 15 is 0 Å². The van der Waals surface area contributed by atoms with Crippen molar-refractivity contribution in [3.05, 3.63) is 29.8 Å². The van der Waals surface area contributed by atoms with Gasteiger partial charge in [-0.1, -0.05) is 12.1 Å². The normalized spacial score (nSPS) is 20.9. The summed E-state index contributed by atoms with van der Waals surface area (Å²) < 4.78 is 5.76. The van der Waals surface area contributed by atoms with Gasteiger partial charge >= 0.3 is 0 Å². The molecule has 1 aliphatic carbocycles. The second kappa shape index (κ2) is 5.72. The van der Waals surface area contributed by atoms with E-state index in [1.807, 2.05) is 0 Å². The second-order valence-corrected chi connectivity index (χ2v) is 5.30. The SMILES string of the molecule is c1cc(OC2CC2)ccc1CCN1CCNCC1. The zero-order valence-corrected chi connectivity index (χ0v) is 10.9. The van der Waals surface area contributed by atoms with E-state index in [4.69, 9.17) is 4.74 Å². The predicted octanol–water partition coefficient (Wildman–Crippen LogP) is 1.68. The molecule has 0 bridgehead atoms. The van der Waals surface area contributed by atoms with Crippen molar-refractivity contribution in [1.29, 1.82) is 0 Å². The Kier molecular flexibility index (Phi) is 3.81. The highest BCUT2D eigenvalue weighted by atomic mass is 16.5. The molecule has 3 rings (SSSR count). The van der Waals surface area contributed by atoms with Crippen LogP contribution in [0.5, 0.6) is 5.75 Å². The van der Waals surface area contributed by atoms with Crippen molar-refractivity contribution in [3.63, 3.8) is 0 Å². The minimum atomic E-state index is 0.497. The topological polar surface area (TPSA) is 24.5 Å². The van der Waals surface area contributed by atoms with Gasteiger partial charge in [0, 0.05) is 32.7 Å². The van der Waals surface area contributed by atoms with Crippen molar-refractivity contribution in [3.8, 4) is 5.75 Å². The first kappa shape index (κ1) is 12.0. The Morgan fingerprint density at radius 1 is 1.11 bits per heavy atom. The third kappa shape index (κ3) is 3.47. The summed E-state index contributed by atoms with van der Waals surface area (Å²) in [6, 6.07) is 8.65. The molecule has 3 nitrogen and oxygen atoms in total. The Morgan fingerprint density at radius 2 is 1.83 bits per heavy atom. The third-order valence-corrected chi connectivity index (χ3v) is 3.68. The summed E-state index contributed by atoms with van der Waals surface area (Å²) in [5.41, 5.74) is 1.41. The monoisotopic (exact) mass is 246 g/mol. The van der Waals surface area contributed by atoms with Crippen LogP contribution in [0, 0.1) is 0 Å². The zero-order chi connectivity index (χ0) is 12.2. The van der Waals surface area contributed by atoms with Crippen molar-refractivity contribution >= 4 is 0 Å². The highest BCUT2D eigenvalue weighted by molar-refractivity contribution is 5.28. The van der Waals surface area contributed by atoms with E-state index in [0.717, 1.165) is 25.3 Å². The molecule has 1 heterocycles. The standard InChI is InChI=1S/C15H22N2O/c1-3-14(18-15-5-6-15)4-2-13(1)7-10-17-11-8-16-9-12-17/h1-4,15-16H,5-12H2. The predicted molar refractivity (Wildman–Crippen MR) is 73.1 cm³/mol. The molecule has 0 radical (unpaired) electrons. The Labute approximate surface area is 109 Å². The Hall–Kier alpha value is -1.06. The molecule has 98 valence electrons. The fourth-order valence-corrected chi connectivity index (χ4v) is 2.33. The molecule has 0 atom stereocenters. The molecule has 0 aromatic heterocycles. The van der Waals surface area contributed by atoms with Gasteiger partial charge in [-0.2, -0.15) is 0 Å². The molecule has 2 aliphatic rings. The summed E-state index contributed by atoms with van der Waals surface area (Å²) in [7, 11) is 0. The lowest BCUT2D eigenvalue weighted by Gasteiger charge is -2.27. The van der Waals surface area contributed by atoms with Crippen molar-refractivity contribution < 1.29 is 4.74 Å². The van der Waals surface area contributed by atoms with Gasteiger partial charge < -0.3 is 15.0 Å². The van der Waals surface area contributed by atoms with E-state index in [9.17, 15) is 0 Å². The molecule has 2 fully saturated rings. The smallest absolute Gasteiger partial charge is 0.119 e. The highest BCUT2D eigenvalue weighted by Gasteiger charge is 2.23. The van der Waals surface area contributed by atoms with Gasteiger partial charge in [0.05, 0.1) is 6.10 Å². The number of nitrogens with one attached hydrogen (secondary N) is 1. The minimum absolute atomic E-state index is 0.497. The molecule has 0 amide bonds. The van der Waals surface area contributed by atoms with Gasteiger partial charge in [-0.25, -0.2) is 0 Å². The van der Waals surface area contributed by atoms with Crippen molar-refractivity contribution in [1.82, 2.24) is 10.2 Å². The summed E-state index contributed by atoms with van der Waals surface area (Å²) in [6.07, 6.45) is 4.09. The molecule has 0 spiro atoms. The maximum atomic E-state index is 5.76. The summed E-state index contributed by atoms with van der Waals surface area (Å²) >= 11 is 0. The number of rotatable bonds is 5. The number of benzene rings is 1. The van der Waals surface area contributed by atoms with Crippen LogP contribution in [-0.4, -0.2) is 43.7 Å². The Bertz CT molecular complexity index is 367. The van der Waals surface area contributed by atoms with Gasteiger partial charge in [0.2, 0.25) is 0 Å². The second-order valence-electron chi connectivity index (χ2n) is 5.30. The van der Waals surface area contributed by atoms with Crippen molar-refractivity contribution in [2.45, 2.75) is 25.4 Å². The minimum Gasteiger partial charge on any atom is -0.490 e. The van der Waals surface area contributed by atoms with Crippen LogP contribution >= 0.6 is 0 Å². The quantitative estimate of drug-likeness (QED) is 0.855. The largest absolute Gasteiger partial charge is 0.490 e. The number of hydrogen-bond donors (Lipinski definition) is 1. The van der Waals surface area contributed by atoms with Crippen LogP contribution in [0.1, 0.15) is 18.4 Å². The van der Waals surface area contributed by atoms with Crippen LogP contribution in [-0.2, 0) is 6.42 Å². The Balaban J connectivity index is 1.46. The van der Waals surface area contributed by atoms with Crippen LogP contribution in [0.25, 0.3) is 0 Å². The van der Waals surface area contributed by atoms with Crippen LogP contribution in [0.2, 0.25) is 0 Å². The lowest BCUT2D eigenvalue weighted by Crippen LogP contribution is -2.44. The maximum absolute atomic E-state index is 5.76. The lowest BCUT2D eigenvalue weighted by molar-refractivity contribution is 0.244. The van der Waals surface area contributed by atoms with E-state index in [2.05, 4.69) is 34.5 Å². The van der Waals surface area contributed by atoms with Crippen LogP contribution in [0.4, 0.5) is 0 Å². The first-order valence-electron chi connectivity index (χ1n) is 7.09. The third-order valence-electron chi connectivity index (χ3n) is 3.68. The van der Waals surface area contributed by atoms with Crippen LogP contribution in [0.15, 0.2) is 24.3 Å². The van der Waals surface area contributed by atoms with E-state index < -0.39 is 0 Å². The van der Waals surface area contributed by atoms with Crippen LogP contribution in [0.3, 0.4) is 0 Å². The molecule has 1 N–H and O–H groups in total. The van der Waals surface area contributed by atoms with E-state index in [1.165, 1.54) is 38.0 Å². The molecule has 3 heteroatoms. The first-order valence-corrected chi connectivity index (χ1v) is 7.09. The average molecular weight is 246 g/mol. The number of nitrogens with zero attached hydrogens (tertiary/aromatic N) is 1. The van der Waals surface area contributed by atoms with Crippen LogP contribution < -0.4 is 10.1 Å². The summed E-state index contributed by atoms with van der Waals surface area (Å²) in [5.74, 6) is 1.03. The van der Waals surface area contributed by atoms with E-state index in [0.29, 0.717) is 6.10 Å². The highest BCUT2D eigenvalue weighted by Crippen LogP contribution is 2.26. The van der Waals surface area contributed by atoms with Gasteiger partial charge in [0.25, 0.3) is 0 Å². The number of piperazine rings is 1. The van der Waals surface area contributed by atoms with Gasteiger partial charge in [0.15, 0.2) is 0 Å². The van der Waals surface area contributed by atoms with Crippen molar-refractivity contribution in [2.75, 3.05) is 32.7 Å². The number of hydrogen-bond acceptors (Lipinski definition) is 3. The molecule has 1 aliphatic heterocycles. The molecular weight excluding hydrogens is 224 g/mol. The molecule has 1 aromatic carbocycles. The zero-order valence-electron chi connectivity index (χ0n) is 10.9. The van der Waals surface area contributed by atoms with Gasteiger partial charge in [0.1, 0.15) is 5.75 Å². The van der Waals surface area contributed by atoms with E-state index in [1.54, 1.807) is 0 Å². The summed E-state index contributed by atoms with van der Waals surface area (Å²) in [6.45, 7) is 5.80. The maximum Gasteiger partial charge on any atom is 0.119 e. The molecule has 0 unspecified atom stereocenters. The fraction of sp³-hybridized carbons (Fsp3) is 0.600. The fourth-order valence-electron chi connectivity index (χ4n) is 2.33. The molecule has 1 saturated heterocycles. The Morgan fingerprint density at radius 3 is 2.50 bits per heavy atom. The number of ether oxygens (including phenoxy) is 1. The molecule has 18 heavy (non-hydrogen) atoms. The summed E-state index contributed by atoms with van der Waals surface area (Å²) in [5, 5.41) is 3.39. The molecule has 1 saturated carbocycles. The first-order chi connectivity index (χ1) is 8.90. The van der Waals surface area contributed by atoms with Gasteiger partial charge in [-0.15, -0.1) is 0 Å². The molecule has 1 aromatic rings. The van der Waals surface area contributed by atoms with Gasteiger partial charge in [-0.05, 0) is 37.0 Å². The summed E-state index contributed by atoms with van der Waals surface area (Å²) in [4.78, 5) is 2.53. The average Bonchev–Trinajstić information content (AvgIpc) is 3.23. The lowest BCUT2D eigenvalue weighted by atomic mass is 10.1. The van der Waals surface area contributed by atoms with E-state index in [-0.39, 0.29) is 0 Å². The van der Waals surface area contributed by atoms with Gasteiger partial charge in [-0.3, -0.25) is 0 Å².